The summed E-state index contributed by atoms with van der Waals surface area (Å²) in [5, 5.41) is 23.2. The Balaban J connectivity index is 1.76. The monoisotopic (exact) mass is 240 g/mol. The van der Waals surface area contributed by atoms with E-state index in [-0.39, 0.29) is 12.0 Å². The van der Waals surface area contributed by atoms with Gasteiger partial charge in [-0.2, -0.15) is 0 Å². The molecule has 1 saturated carbocycles. The van der Waals surface area contributed by atoms with Gasteiger partial charge >= 0.3 is 5.88 Å². The van der Waals surface area contributed by atoms with Crippen LogP contribution in [0.5, 0.6) is 0 Å². The highest BCUT2D eigenvalue weighted by Gasteiger charge is 2.24. The molecule has 0 bridgehead atoms. The molecule has 0 spiro atoms. The normalized spacial score (nSPS) is 24.1. The zero-order valence-corrected chi connectivity index (χ0v) is 9.46. The lowest BCUT2D eigenvalue weighted by atomic mass is 10.1. The molecular formula is C11H16N2O4. The maximum atomic E-state index is 10.4. The number of hydrogen-bond donors (Lipinski definition) is 2. The van der Waals surface area contributed by atoms with E-state index >= 15 is 0 Å². The van der Waals surface area contributed by atoms with Gasteiger partial charge in [0.15, 0.2) is 0 Å². The van der Waals surface area contributed by atoms with Crippen LogP contribution < -0.4 is 5.32 Å². The average molecular weight is 240 g/mol. The van der Waals surface area contributed by atoms with E-state index in [0.29, 0.717) is 18.2 Å². The van der Waals surface area contributed by atoms with Crippen molar-refractivity contribution in [3.63, 3.8) is 0 Å². The third-order valence-electron chi connectivity index (χ3n) is 3.15. The third kappa shape index (κ3) is 3.04. The van der Waals surface area contributed by atoms with Gasteiger partial charge in [-0.3, -0.25) is 10.1 Å². The van der Waals surface area contributed by atoms with Crippen LogP contribution in [-0.2, 0) is 6.54 Å². The van der Waals surface area contributed by atoms with Crippen molar-refractivity contribution >= 4 is 5.88 Å². The van der Waals surface area contributed by atoms with Gasteiger partial charge in [0.05, 0.1) is 18.7 Å². The first-order valence-corrected chi connectivity index (χ1v) is 5.78. The fraction of sp³-hybridized carbons (Fsp3) is 0.636. The summed E-state index contributed by atoms with van der Waals surface area (Å²) in [4.78, 5) is 9.85. The summed E-state index contributed by atoms with van der Waals surface area (Å²) in [5.41, 5.74) is 0. The second-order valence-corrected chi connectivity index (χ2v) is 4.39. The van der Waals surface area contributed by atoms with Gasteiger partial charge in [0.25, 0.3) is 0 Å². The number of aliphatic hydroxyl groups is 1. The Morgan fingerprint density at radius 1 is 1.53 bits per heavy atom. The molecule has 1 aromatic rings. The Morgan fingerprint density at radius 2 is 2.35 bits per heavy atom. The van der Waals surface area contributed by atoms with E-state index in [1.54, 1.807) is 6.07 Å². The molecule has 6 nitrogen and oxygen atoms in total. The Hall–Kier alpha value is -1.40. The quantitative estimate of drug-likeness (QED) is 0.600. The van der Waals surface area contributed by atoms with Gasteiger partial charge in [0, 0.05) is 6.54 Å². The van der Waals surface area contributed by atoms with Crippen molar-refractivity contribution < 1.29 is 14.4 Å². The largest absolute Gasteiger partial charge is 0.433 e. The number of nitro groups is 1. The summed E-state index contributed by atoms with van der Waals surface area (Å²) < 4.78 is 5.01. The molecule has 1 aromatic heterocycles. The van der Waals surface area contributed by atoms with E-state index < -0.39 is 4.92 Å². The molecule has 17 heavy (non-hydrogen) atoms. The van der Waals surface area contributed by atoms with Crippen LogP contribution in [0.3, 0.4) is 0 Å². The lowest BCUT2D eigenvalue weighted by molar-refractivity contribution is -0.402. The molecule has 0 aliphatic heterocycles. The molecule has 1 aliphatic rings. The fourth-order valence-corrected chi connectivity index (χ4v) is 2.20. The second kappa shape index (κ2) is 5.29. The number of nitrogens with zero attached hydrogens (tertiary/aromatic N) is 1. The SMILES string of the molecule is O=[N+]([O-])c1ccc(CNCC2CCCC2O)o1. The molecule has 0 saturated heterocycles. The van der Waals surface area contributed by atoms with E-state index in [1.165, 1.54) is 6.07 Å². The topological polar surface area (TPSA) is 88.5 Å². The molecule has 0 amide bonds. The summed E-state index contributed by atoms with van der Waals surface area (Å²) in [6.45, 7) is 1.17. The van der Waals surface area contributed by atoms with Crippen LogP contribution in [0.4, 0.5) is 5.88 Å². The molecule has 0 aromatic carbocycles. The first-order valence-electron chi connectivity index (χ1n) is 5.78. The highest BCUT2D eigenvalue weighted by atomic mass is 16.6. The lowest BCUT2D eigenvalue weighted by Gasteiger charge is -2.14. The van der Waals surface area contributed by atoms with E-state index in [9.17, 15) is 15.2 Å². The van der Waals surface area contributed by atoms with Crippen molar-refractivity contribution in [2.45, 2.75) is 31.9 Å². The van der Waals surface area contributed by atoms with Crippen molar-refractivity contribution in [1.29, 1.82) is 0 Å². The highest BCUT2D eigenvalue weighted by molar-refractivity contribution is 5.17. The summed E-state index contributed by atoms with van der Waals surface area (Å²) in [5.74, 6) is 0.604. The Morgan fingerprint density at radius 3 is 2.94 bits per heavy atom. The van der Waals surface area contributed by atoms with Gasteiger partial charge in [-0.15, -0.1) is 0 Å². The fourth-order valence-electron chi connectivity index (χ4n) is 2.20. The Bertz CT molecular complexity index is 391. The number of rotatable bonds is 5. The molecule has 2 rings (SSSR count). The number of hydrogen-bond acceptors (Lipinski definition) is 5. The average Bonchev–Trinajstić information content (AvgIpc) is 2.89. The van der Waals surface area contributed by atoms with Crippen LogP contribution >= 0.6 is 0 Å². The predicted molar refractivity (Wildman–Crippen MR) is 60.4 cm³/mol. The zero-order valence-electron chi connectivity index (χ0n) is 9.46. The van der Waals surface area contributed by atoms with Gasteiger partial charge < -0.3 is 14.8 Å². The van der Waals surface area contributed by atoms with Gasteiger partial charge in [0.1, 0.15) is 10.7 Å². The minimum atomic E-state index is -0.551. The van der Waals surface area contributed by atoms with E-state index in [4.69, 9.17) is 4.42 Å². The van der Waals surface area contributed by atoms with Crippen LogP contribution in [0.15, 0.2) is 16.5 Å². The molecule has 2 N–H and O–H groups in total. The summed E-state index contributed by atoms with van der Waals surface area (Å²) in [6.07, 6.45) is 2.76. The molecule has 94 valence electrons. The minimum Gasteiger partial charge on any atom is -0.404 e. The molecular weight excluding hydrogens is 224 g/mol. The summed E-state index contributed by atoms with van der Waals surface area (Å²) in [7, 11) is 0. The van der Waals surface area contributed by atoms with Crippen molar-refractivity contribution in [2.75, 3.05) is 6.54 Å². The van der Waals surface area contributed by atoms with Crippen molar-refractivity contribution in [3.8, 4) is 0 Å². The first kappa shape index (κ1) is 12.1. The van der Waals surface area contributed by atoms with E-state index in [1.807, 2.05) is 0 Å². The van der Waals surface area contributed by atoms with Gasteiger partial charge in [-0.25, -0.2) is 0 Å². The Kier molecular flexibility index (Phi) is 3.75. The van der Waals surface area contributed by atoms with Gasteiger partial charge in [-0.1, -0.05) is 6.42 Å². The second-order valence-electron chi connectivity index (χ2n) is 4.39. The van der Waals surface area contributed by atoms with Crippen molar-refractivity contribution in [1.82, 2.24) is 5.32 Å². The van der Waals surface area contributed by atoms with Crippen molar-refractivity contribution in [2.24, 2.45) is 5.92 Å². The van der Waals surface area contributed by atoms with E-state index in [0.717, 1.165) is 25.8 Å². The van der Waals surface area contributed by atoms with Crippen LogP contribution in [0.2, 0.25) is 0 Å². The molecule has 1 heterocycles. The lowest BCUT2D eigenvalue weighted by Crippen LogP contribution is -2.27. The van der Waals surface area contributed by atoms with E-state index in [2.05, 4.69) is 5.32 Å². The number of aliphatic hydroxyl groups excluding tert-OH is 1. The van der Waals surface area contributed by atoms with Gasteiger partial charge in [0.2, 0.25) is 0 Å². The summed E-state index contributed by atoms with van der Waals surface area (Å²) in [6, 6.07) is 2.94. The van der Waals surface area contributed by atoms with Crippen LogP contribution in [-0.4, -0.2) is 22.7 Å². The predicted octanol–water partition coefficient (Wildman–Crippen LogP) is 1.44. The molecule has 2 atom stereocenters. The number of nitrogens with one attached hydrogen (secondary N) is 1. The molecule has 0 radical (unpaired) electrons. The van der Waals surface area contributed by atoms with Gasteiger partial charge in [-0.05, 0) is 24.8 Å². The zero-order chi connectivity index (χ0) is 12.3. The maximum Gasteiger partial charge on any atom is 0.433 e. The first-order chi connectivity index (χ1) is 8.16. The highest BCUT2D eigenvalue weighted by Crippen LogP contribution is 2.24. The minimum absolute atomic E-state index is 0.214. The van der Waals surface area contributed by atoms with Crippen molar-refractivity contribution in [3.05, 3.63) is 28.0 Å². The Labute approximate surface area is 98.8 Å². The summed E-state index contributed by atoms with van der Waals surface area (Å²) >= 11 is 0. The van der Waals surface area contributed by atoms with Crippen LogP contribution in [0.1, 0.15) is 25.0 Å². The standard InChI is InChI=1S/C11H16N2O4/c14-10-3-1-2-8(10)6-12-7-9-4-5-11(17-9)13(15)16/h4-5,8,10,12,14H,1-3,6-7H2. The molecule has 6 heteroatoms. The van der Waals surface area contributed by atoms with Crippen LogP contribution in [0.25, 0.3) is 0 Å². The van der Waals surface area contributed by atoms with Crippen LogP contribution in [0, 0.1) is 16.0 Å². The molecule has 2 unspecified atom stereocenters. The number of furan rings is 1. The molecule has 1 fully saturated rings. The smallest absolute Gasteiger partial charge is 0.404 e. The third-order valence-corrected chi connectivity index (χ3v) is 3.15. The maximum absolute atomic E-state index is 10.4. The molecule has 1 aliphatic carbocycles.